The van der Waals surface area contributed by atoms with E-state index in [1.54, 1.807) is 47.0 Å². The van der Waals surface area contributed by atoms with Crippen molar-refractivity contribution in [2.24, 2.45) is 0 Å². The van der Waals surface area contributed by atoms with Crippen LogP contribution in [0.25, 0.3) is 11.2 Å². The molecule has 0 bridgehead atoms. The molecule has 2 aromatic heterocycles. The third-order valence-corrected chi connectivity index (χ3v) is 7.18. The molecule has 3 aromatic rings. The van der Waals surface area contributed by atoms with Gasteiger partial charge in [0.2, 0.25) is 5.95 Å². The molecule has 4 heterocycles. The number of anilines is 2. The van der Waals surface area contributed by atoms with E-state index in [0.29, 0.717) is 54.8 Å². The van der Waals surface area contributed by atoms with E-state index < -0.39 is 29.8 Å². The van der Waals surface area contributed by atoms with E-state index in [2.05, 4.69) is 15.0 Å². The highest BCUT2D eigenvalue weighted by Gasteiger charge is 2.50. The molecule has 0 radical (unpaired) electrons. The number of imidazole rings is 1. The van der Waals surface area contributed by atoms with Gasteiger partial charge < -0.3 is 40.6 Å². The number of fused-ring (bicyclic) bond motifs is 1. The van der Waals surface area contributed by atoms with E-state index in [1.165, 1.54) is 0 Å². The molecular formula is C24H29N7O6. The molecule has 1 aromatic carbocycles. The van der Waals surface area contributed by atoms with Gasteiger partial charge in [-0.3, -0.25) is 4.79 Å². The van der Waals surface area contributed by atoms with Crippen molar-refractivity contribution in [3.63, 3.8) is 0 Å². The quantitative estimate of drug-likeness (QED) is 0.379. The fraction of sp³-hybridized carbons (Fsp3) is 0.458. The van der Waals surface area contributed by atoms with Crippen LogP contribution >= 0.6 is 0 Å². The molecule has 1 amide bonds. The first-order valence-electron chi connectivity index (χ1n) is 11.9. The third-order valence-electron chi connectivity index (χ3n) is 7.18. The Morgan fingerprint density at radius 2 is 1.89 bits per heavy atom. The number of likely N-dealkylation sites (tertiary alicyclic amines) is 1. The van der Waals surface area contributed by atoms with Crippen LogP contribution in [-0.2, 0) is 9.53 Å². The van der Waals surface area contributed by atoms with E-state index in [0.717, 1.165) is 0 Å². The second kappa shape index (κ2) is 9.16. The number of carbonyl (C=O) groups excluding carboxylic acids is 1. The topological polar surface area (TPSA) is 192 Å². The zero-order chi connectivity index (χ0) is 26.4. The number of carboxylic acid groups (broad SMARTS) is 1. The molecule has 37 heavy (non-hydrogen) atoms. The Morgan fingerprint density at radius 3 is 2.57 bits per heavy atom. The van der Waals surface area contributed by atoms with E-state index in [9.17, 15) is 14.7 Å². The first-order valence-corrected chi connectivity index (χ1v) is 11.9. The van der Waals surface area contributed by atoms with Gasteiger partial charge in [0, 0.05) is 25.1 Å². The number of nitrogens with zero attached hydrogens (tertiary/aromatic N) is 5. The average molecular weight is 512 g/mol. The van der Waals surface area contributed by atoms with Crippen molar-refractivity contribution in [3.05, 3.63) is 36.2 Å². The number of carbonyl (C=O) groups is 2. The molecule has 13 nitrogen and oxygen atoms in total. The minimum atomic E-state index is -1.19. The number of nitrogen functional groups attached to an aromatic ring is 2. The summed E-state index contributed by atoms with van der Waals surface area (Å²) in [7, 11) is 0. The minimum absolute atomic E-state index is 0.0291. The number of aliphatic hydroxyl groups is 1. The zero-order valence-electron chi connectivity index (χ0n) is 20.3. The zero-order valence-corrected chi connectivity index (χ0v) is 20.3. The van der Waals surface area contributed by atoms with Crippen LogP contribution in [0.4, 0.5) is 11.8 Å². The number of rotatable bonds is 5. The molecule has 2 aliphatic rings. The maximum Gasteiger partial charge on any atom is 0.341 e. The molecule has 2 saturated heterocycles. The smallest absolute Gasteiger partial charge is 0.341 e. The molecule has 2 fully saturated rings. The first-order chi connectivity index (χ1) is 17.6. The Labute approximate surface area is 212 Å². The van der Waals surface area contributed by atoms with Crippen LogP contribution in [-0.4, -0.2) is 84.0 Å². The van der Waals surface area contributed by atoms with Gasteiger partial charge in [-0.2, -0.15) is 9.97 Å². The summed E-state index contributed by atoms with van der Waals surface area (Å²) in [5.41, 5.74) is 11.4. The van der Waals surface area contributed by atoms with Crippen molar-refractivity contribution in [2.75, 3.05) is 37.8 Å². The van der Waals surface area contributed by atoms with Gasteiger partial charge >= 0.3 is 5.97 Å². The minimum Gasteiger partial charge on any atom is -0.482 e. The Kier molecular flexibility index (Phi) is 6.12. The molecule has 5 rings (SSSR count). The number of nitrogens with two attached hydrogens (primary N) is 2. The number of benzene rings is 1. The summed E-state index contributed by atoms with van der Waals surface area (Å²) < 4.78 is 13.2. The van der Waals surface area contributed by atoms with E-state index in [1.807, 2.05) is 0 Å². The number of carboxylic acids is 1. The Hall–Kier alpha value is -3.97. The summed E-state index contributed by atoms with van der Waals surface area (Å²) in [5.74, 6) is -0.607. The van der Waals surface area contributed by atoms with Gasteiger partial charge in [-0.15, -0.1) is 0 Å². The average Bonchev–Trinajstić information content (AvgIpc) is 3.28. The highest BCUT2D eigenvalue weighted by Crippen LogP contribution is 2.44. The second-order valence-electron chi connectivity index (χ2n) is 9.84. The standard InChI is InChI=1S/C24H29N7O6/c1-23(35)12-37-24(10-16(23)31-13-27-18-19(25)28-22(26)29-20(18)31)6-8-30(9-7-24)21(34)14-2-4-15(5-3-14)36-11-17(32)33/h2-5,13,16,35H,6-12H2,1H3,(H,32,33)(H4,25,26,28,29)/t16-,23-/m0/s1. The predicted molar refractivity (Wildman–Crippen MR) is 132 cm³/mol. The molecule has 196 valence electrons. The largest absolute Gasteiger partial charge is 0.482 e. The van der Waals surface area contributed by atoms with Gasteiger partial charge in [0.1, 0.15) is 16.9 Å². The van der Waals surface area contributed by atoms with Crippen molar-refractivity contribution >= 4 is 34.8 Å². The number of aromatic nitrogens is 4. The van der Waals surface area contributed by atoms with Crippen molar-refractivity contribution in [1.29, 1.82) is 0 Å². The van der Waals surface area contributed by atoms with E-state index in [-0.39, 0.29) is 24.3 Å². The predicted octanol–water partition coefficient (Wildman–Crippen LogP) is 0.842. The molecule has 1 spiro atoms. The van der Waals surface area contributed by atoms with Crippen LogP contribution in [0.5, 0.6) is 5.75 Å². The molecule has 0 unspecified atom stereocenters. The van der Waals surface area contributed by atoms with Gasteiger partial charge in [0.25, 0.3) is 5.91 Å². The number of amides is 1. The summed E-state index contributed by atoms with van der Waals surface area (Å²) in [6.45, 7) is 2.35. The summed E-state index contributed by atoms with van der Waals surface area (Å²) >= 11 is 0. The van der Waals surface area contributed by atoms with Crippen molar-refractivity contribution in [3.8, 4) is 5.75 Å². The van der Waals surface area contributed by atoms with Crippen LogP contribution in [0.1, 0.15) is 42.6 Å². The van der Waals surface area contributed by atoms with E-state index in [4.69, 9.17) is 26.0 Å². The lowest BCUT2D eigenvalue weighted by molar-refractivity contribution is -0.198. The second-order valence-corrected chi connectivity index (χ2v) is 9.84. The van der Waals surface area contributed by atoms with Crippen LogP contribution in [0.3, 0.4) is 0 Å². The molecule has 2 aliphatic heterocycles. The molecule has 13 heteroatoms. The summed E-state index contributed by atoms with van der Waals surface area (Å²) in [6, 6.07) is 6.00. The molecule has 6 N–H and O–H groups in total. The molecule has 0 aliphatic carbocycles. The van der Waals surface area contributed by atoms with Gasteiger partial charge in [0.05, 0.1) is 24.6 Å². The molecule has 2 atom stereocenters. The van der Waals surface area contributed by atoms with Crippen LogP contribution in [0, 0.1) is 0 Å². The summed E-state index contributed by atoms with van der Waals surface area (Å²) in [5, 5.41) is 19.9. The maximum atomic E-state index is 13.1. The number of ether oxygens (including phenoxy) is 2. The normalized spacial score (nSPS) is 23.3. The highest BCUT2D eigenvalue weighted by molar-refractivity contribution is 5.94. The van der Waals surface area contributed by atoms with Gasteiger partial charge in [0.15, 0.2) is 18.1 Å². The third kappa shape index (κ3) is 4.74. The number of hydrogen-bond donors (Lipinski definition) is 4. The van der Waals surface area contributed by atoms with Crippen molar-refractivity contribution in [1.82, 2.24) is 24.4 Å². The van der Waals surface area contributed by atoms with Gasteiger partial charge in [-0.05, 0) is 44.0 Å². The molecule has 0 saturated carbocycles. The lowest BCUT2D eigenvalue weighted by Crippen LogP contribution is -2.57. The Bertz CT molecular complexity index is 1330. The van der Waals surface area contributed by atoms with Gasteiger partial charge in [-0.1, -0.05) is 0 Å². The molecular weight excluding hydrogens is 482 g/mol. The number of hydrogen-bond acceptors (Lipinski definition) is 10. The summed E-state index contributed by atoms with van der Waals surface area (Å²) in [4.78, 5) is 38.1. The fourth-order valence-corrected chi connectivity index (χ4v) is 5.10. The Balaban J connectivity index is 1.29. The van der Waals surface area contributed by atoms with Crippen molar-refractivity contribution < 1.29 is 29.3 Å². The lowest BCUT2D eigenvalue weighted by atomic mass is 9.77. The summed E-state index contributed by atoms with van der Waals surface area (Å²) in [6.07, 6.45) is 3.27. The number of aliphatic carboxylic acids is 1. The van der Waals surface area contributed by atoms with Gasteiger partial charge in [-0.25, -0.2) is 9.78 Å². The fourth-order valence-electron chi connectivity index (χ4n) is 5.10. The maximum absolute atomic E-state index is 13.1. The van der Waals surface area contributed by atoms with Crippen molar-refractivity contribution in [2.45, 2.75) is 43.4 Å². The number of piperidine rings is 1. The van der Waals surface area contributed by atoms with Crippen LogP contribution in [0.2, 0.25) is 0 Å². The van der Waals surface area contributed by atoms with E-state index >= 15 is 0 Å². The van der Waals surface area contributed by atoms with Crippen LogP contribution in [0.15, 0.2) is 30.6 Å². The first kappa shape index (κ1) is 24.7. The highest BCUT2D eigenvalue weighted by atomic mass is 16.5. The monoisotopic (exact) mass is 511 g/mol. The Morgan fingerprint density at radius 1 is 1.19 bits per heavy atom. The van der Waals surface area contributed by atoms with Crippen LogP contribution < -0.4 is 16.2 Å². The lowest BCUT2D eigenvalue weighted by Gasteiger charge is -2.51. The SMILES string of the molecule is C[C@]1(O)COC2(CCN(C(=O)c3ccc(OCC(=O)O)cc3)CC2)C[C@@H]1n1cnc2c(N)nc(N)nc21.